The van der Waals surface area contributed by atoms with E-state index in [1.165, 1.54) is 46.8 Å². The van der Waals surface area contributed by atoms with Crippen LogP contribution in [0.2, 0.25) is 0 Å². The zero-order valence-corrected chi connectivity index (χ0v) is 15.1. The third-order valence-corrected chi connectivity index (χ3v) is 6.48. The third-order valence-electron chi connectivity index (χ3n) is 4.19. The van der Waals surface area contributed by atoms with E-state index in [0.29, 0.717) is 0 Å². The summed E-state index contributed by atoms with van der Waals surface area (Å²) in [5.41, 5.74) is 0. The van der Waals surface area contributed by atoms with Gasteiger partial charge in [-0.2, -0.15) is 0 Å². The Bertz CT molecular complexity index is 598. The van der Waals surface area contributed by atoms with E-state index >= 15 is 0 Å². The summed E-state index contributed by atoms with van der Waals surface area (Å²) in [5, 5.41) is 0. The molecule has 0 amide bonds. The molecule has 2 heteroatoms. The maximum absolute atomic E-state index is 2.56. The Morgan fingerprint density at radius 3 is 2.09 bits per heavy atom. The lowest BCUT2D eigenvalue weighted by molar-refractivity contribution is 0.419. The molecule has 0 unspecified atom stereocenters. The lowest BCUT2D eigenvalue weighted by atomic mass is 9.89. The fourth-order valence-corrected chi connectivity index (χ4v) is 5.01. The number of allylic oxidation sites excluding steroid dienone is 1. The van der Waals surface area contributed by atoms with Crippen LogP contribution in [-0.2, 0) is 0 Å². The van der Waals surface area contributed by atoms with Crippen LogP contribution in [0.5, 0.6) is 0 Å². The van der Waals surface area contributed by atoms with Crippen molar-refractivity contribution in [3.63, 3.8) is 0 Å². The number of rotatable bonds is 6. The molecule has 0 aliphatic heterocycles. The minimum absolute atomic E-state index is 0.784. The molecule has 0 bridgehead atoms. The van der Waals surface area contributed by atoms with Gasteiger partial charge < -0.3 is 0 Å². The second-order valence-corrected chi connectivity index (χ2v) is 8.30. The van der Waals surface area contributed by atoms with Crippen LogP contribution >= 0.6 is 23.5 Å². The molecular weight excluding hydrogens is 316 g/mol. The number of hydrogen-bond acceptors (Lipinski definition) is 2. The highest BCUT2D eigenvalue weighted by Gasteiger charge is 2.13. The van der Waals surface area contributed by atoms with Crippen LogP contribution in [0, 0.1) is 5.92 Å². The molecule has 0 heterocycles. The summed E-state index contributed by atoms with van der Waals surface area (Å²) in [4.78, 5) is 4.22. The quantitative estimate of drug-likeness (QED) is 0.517. The van der Waals surface area contributed by atoms with Gasteiger partial charge in [0.25, 0.3) is 0 Å². The molecular formula is C21H24S2. The van der Waals surface area contributed by atoms with Crippen molar-refractivity contribution in [2.45, 2.75) is 41.9 Å². The van der Waals surface area contributed by atoms with Crippen LogP contribution in [-0.4, -0.2) is 5.75 Å². The summed E-state index contributed by atoms with van der Waals surface area (Å²) in [6, 6.07) is 21.5. The van der Waals surface area contributed by atoms with Crippen LogP contribution in [0.25, 0.3) is 0 Å². The standard InChI is InChI=1S/C21H24S2/c1-4-10-18(11-5-1)16-21(23-20-14-8-3-9-15-20)17-22-19-12-6-2-7-13-19/h2-3,6-9,12-16,18H,1,4-5,10-11,17H2/b21-16-. The zero-order chi connectivity index (χ0) is 15.7. The van der Waals surface area contributed by atoms with Gasteiger partial charge in [0, 0.05) is 15.5 Å². The molecule has 0 saturated heterocycles. The fourth-order valence-electron chi connectivity index (χ4n) is 2.99. The number of benzene rings is 2. The van der Waals surface area contributed by atoms with Crippen LogP contribution in [0.4, 0.5) is 0 Å². The molecule has 0 nitrogen and oxygen atoms in total. The van der Waals surface area contributed by atoms with E-state index in [1.54, 1.807) is 0 Å². The van der Waals surface area contributed by atoms with Gasteiger partial charge in [0.05, 0.1) is 0 Å². The van der Waals surface area contributed by atoms with Gasteiger partial charge in [0.2, 0.25) is 0 Å². The van der Waals surface area contributed by atoms with Crippen molar-refractivity contribution in [2.24, 2.45) is 5.92 Å². The van der Waals surface area contributed by atoms with Gasteiger partial charge in [0.15, 0.2) is 0 Å². The van der Waals surface area contributed by atoms with Crippen molar-refractivity contribution in [1.29, 1.82) is 0 Å². The van der Waals surface area contributed by atoms with Crippen molar-refractivity contribution >= 4 is 23.5 Å². The first-order valence-electron chi connectivity index (χ1n) is 8.51. The van der Waals surface area contributed by atoms with E-state index in [-0.39, 0.29) is 0 Å². The number of thioether (sulfide) groups is 2. The average molecular weight is 341 g/mol. The van der Waals surface area contributed by atoms with E-state index in [4.69, 9.17) is 0 Å². The van der Waals surface area contributed by atoms with Crippen LogP contribution in [0.3, 0.4) is 0 Å². The van der Waals surface area contributed by atoms with Gasteiger partial charge in [-0.25, -0.2) is 0 Å². The first-order valence-corrected chi connectivity index (χ1v) is 10.3. The highest BCUT2D eigenvalue weighted by atomic mass is 32.2. The Kier molecular flexibility index (Phi) is 6.72. The van der Waals surface area contributed by atoms with E-state index in [9.17, 15) is 0 Å². The van der Waals surface area contributed by atoms with Gasteiger partial charge in [-0.15, -0.1) is 11.8 Å². The molecule has 2 aromatic rings. The van der Waals surface area contributed by atoms with E-state index in [0.717, 1.165) is 11.7 Å². The van der Waals surface area contributed by atoms with Crippen molar-refractivity contribution in [2.75, 3.05) is 5.75 Å². The van der Waals surface area contributed by atoms with Gasteiger partial charge in [0.1, 0.15) is 0 Å². The molecule has 1 fully saturated rings. The molecule has 2 aromatic carbocycles. The third kappa shape index (κ3) is 5.78. The monoisotopic (exact) mass is 340 g/mol. The predicted octanol–water partition coefficient (Wildman–Crippen LogP) is 7.04. The molecule has 23 heavy (non-hydrogen) atoms. The molecule has 0 atom stereocenters. The highest BCUT2D eigenvalue weighted by Crippen LogP contribution is 2.35. The van der Waals surface area contributed by atoms with E-state index < -0.39 is 0 Å². The summed E-state index contributed by atoms with van der Waals surface area (Å²) in [7, 11) is 0. The lowest BCUT2D eigenvalue weighted by Crippen LogP contribution is -2.04. The van der Waals surface area contributed by atoms with Crippen molar-refractivity contribution in [3.05, 3.63) is 71.6 Å². The Balaban J connectivity index is 1.68. The van der Waals surface area contributed by atoms with Gasteiger partial charge >= 0.3 is 0 Å². The largest absolute Gasteiger partial charge is 0.121 e. The Hall–Kier alpha value is -1.12. The second-order valence-electron chi connectivity index (χ2n) is 6.05. The maximum atomic E-state index is 2.56. The normalized spacial score (nSPS) is 16.4. The molecule has 0 N–H and O–H groups in total. The van der Waals surface area contributed by atoms with Crippen LogP contribution in [0.1, 0.15) is 32.1 Å². The van der Waals surface area contributed by atoms with Gasteiger partial charge in [-0.1, -0.05) is 73.5 Å². The molecule has 1 aliphatic carbocycles. The second kappa shape index (κ2) is 9.24. The predicted molar refractivity (Wildman–Crippen MR) is 104 cm³/mol. The van der Waals surface area contributed by atoms with E-state index in [1.807, 2.05) is 23.5 Å². The summed E-state index contributed by atoms with van der Waals surface area (Å²) in [5.74, 6) is 1.85. The van der Waals surface area contributed by atoms with Crippen LogP contribution in [0.15, 0.2) is 81.4 Å². The molecule has 0 radical (unpaired) electrons. The fraction of sp³-hybridized carbons (Fsp3) is 0.333. The highest BCUT2D eigenvalue weighted by molar-refractivity contribution is 8.06. The topological polar surface area (TPSA) is 0 Å². The molecule has 1 saturated carbocycles. The zero-order valence-electron chi connectivity index (χ0n) is 13.5. The molecule has 1 aliphatic rings. The van der Waals surface area contributed by atoms with Crippen molar-refractivity contribution < 1.29 is 0 Å². The van der Waals surface area contributed by atoms with Crippen molar-refractivity contribution in [1.82, 2.24) is 0 Å². The van der Waals surface area contributed by atoms with E-state index in [2.05, 4.69) is 66.7 Å². The minimum atomic E-state index is 0.784. The maximum Gasteiger partial charge on any atom is 0.0292 e. The molecule has 0 spiro atoms. The smallest absolute Gasteiger partial charge is 0.0292 e. The summed E-state index contributed by atoms with van der Waals surface area (Å²) in [6.07, 6.45) is 9.52. The first-order chi connectivity index (χ1) is 11.4. The minimum Gasteiger partial charge on any atom is -0.121 e. The van der Waals surface area contributed by atoms with Crippen LogP contribution < -0.4 is 0 Å². The molecule has 120 valence electrons. The molecule has 3 rings (SSSR count). The Labute approximate surface area is 148 Å². The van der Waals surface area contributed by atoms with Gasteiger partial charge in [-0.3, -0.25) is 0 Å². The summed E-state index contributed by atoms with van der Waals surface area (Å²) < 4.78 is 0. The lowest BCUT2D eigenvalue weighted by Gasteiger charge is -2.20. The summed E-state index contributed by atoms with van der Waals surface area (Å²) in [6.45, 7) is 0. The average Bonchev–Trinajstić information content (AvgIpc) is 2.62. The molecule has 0 aromatic heterocycles. The van der Waals surface area contributed by atoms with Crippen molar-refractivity contribution in [3.8, 4) is 0 Å². The summed E-state index contributed by atoms with van der Waals surface area (Å²) >= 11 is 3.89. The SMILES string of the molecule is C(=C(\CSc1ccccc1)Sc1ccccc1)/C1CCCCC1. The van der Waals surface area contributed by atoms with Gasteiger partial charge in [-0.05, 0) is 47.9 Å². The Morgan fingerprint density at radius 2 is 1.43 bits per heavy atom. The Morgan fingerprint density at radius 1 is 0.826 bits per heavy atom. The first kappa shape index (κ1) is 16.7. The number of hydrogen-bond donors (Lipinski definition) is 0.